The molecule has 0 unspecified atom stereocenters. The molecule has 3 amide bonds. The van der Waals surface area contributed by atoms with E-state index in [9.17, 15) is 14.4 Å². The summed E-state index contributed by atoms with van der Waals surface area (Å²) < 4.78 is 15.9. The summed E-state index contributed by atoms with van der Waals surface area (Å²) in [5.74, 6) is 0.613. The van der Waals surface area contributed by atoms with Crippen LogP contribution in [0.4, 0.5) is 11.5 Å². The second kappa shape index (κ2) is 12.5. The number of hydrogen-bond acceptors (Lipinski definition) is 7. The maximum atomic E-state index is 13.9. The maximum Gasteiger partial charge on any atom is 0.248 e. The summed E-state index contributed by atoms with van der Waals surface area (Å²) in [4.78, 5) is 41.8. The van der Waals surface area contributed by atoms with Crippen molar-refractivity contribution in [3.05, 3.63) is 65.4 Å². The largest absolute Gasteiger partial charge is 0.497 e. The SMILES string of the molecule is COc1ccc([C@@H](C(=O)NC(C)(C)C)N(C(=O)CCC(=O)Nc2cc(C)on2)c2cc(C)ccc2OC)cc1. The molecule has 3 rings (SSSR count). The summed E-state index contributed by atoms with van der Waals surface area (Å²) in [7, 11) is 3.06. The molecule has 1 atom stereocenters. The lowest BCUT2D eigenvalue weighted by Crippen LogP contribution is -2.49. The van der Waals surface area contributed by atoms with E-state index in [0.29, 0.717) is 28.5 Å². The number of methoxy groups -OCH3 is 2. The van der Waals surface area contributed by atoms with E-state index < -0.39 is 23.4 Å². The fourth-order valence-electron chi connectivity index (χ4n) is 4.02. The quantitative estimate of drug-likeness (QED) is 0.384. The number of benzene rings is 2. The average molecular weight is 537 g/mol. The number of nitrogens with one attached hydrogen (secondary N) is 2. The molecule has 10 heteroatoms. The highest BCUT2D eigenvalue weighted by molar-refractivity contribution is 6.04. The smallest absolute Gasteiger partial charge is 0.248 e. The van der Waals surface area contributed by atoms with Gasteiger partial charge in [0.2, 0.25) is 17.7 Å². The van der Waals surface area contributed by atoms with Gasteiger partial charge in [-0.15, -0.1) is 0 Å². The number of anilines is 2. The number of carbonyl (C=O) groups excluding carboxylic acids is 3. The topological polar surface area (TPSA) is 123 Å². The number of aryl methyl sites for hydroxylation is 2. The molecule has 3 aromatic rings. The first-order valence-corrected chi connectivity index (χ1v) is 12.6. The van der Waals surface area contributed by atoms with E-state index in [1.165, 1.54) is 12.0 Å². The van der Waals surface area contributed by atoms with Gasteiger partial charge in [0, 0.05) is 24.4 Å². The Hall–Kier alpha value is -4.34. The third kappa shape index (κ3) is 7.83. The van der Waals surface area contributed by atoms with Crippen molar-refractivity contribution >= 4 is 29.2 Å². The van der Waals surface area contributed by atoms with Crippen LogP contribution in [0.25, 0.3) is 0 Å². The summed E-state index contributed by atoms with van der Waals surface area (Å²) in [5, 5.41) is 9.38. The maximum absolute atomic E-state index is 13.9. The molecule has 0 aliphatic heterocycles. The molecule has 208 valence electrons. The highest BCUT2D eigenvalue weighted by atomic mass is 16.5. The van der Waals surface area contributed by atoms with Crippen LogP contribution in [0.5, 0.6) is 11.5 Å². The Morgan fingerprint density at radius 1 is 0.974 bits per heavy atom. The molecular formula is C29H36N4O6. The lowest BCUT2D eigenvalue weighted by Gasteiger charge is -2.34. The van der Waals surface area contributed by atoms with Gasteiger partial charge in [-0.05, 0) is 70.0 Å². The number of aromatic nitrogens is 1. The predicted molar refractivity (Wildman–Crippen MR) is 148 cm³/mol. The number of nitrogens with zero attached hydrogens (tertiary/aromatic N) is 2. The van der Waals surface area contributed by atoms with Crippen molar-refractivity contribution in [2.75, 3.05) is 24.4 Å². The second-order valence-corrected chi connectivity index (χ2v) is 10.2. The molecule has 10 nitrogen and oxygen atoms in total. The Labute approximate surface area is 228 Å². The molecule has 0 aliphatic rings. The second-order valence-electron chi connectivity index (χ2n) is 10.2. The van der Waals surface area contributed by atoms with Gasteiger partial charge in [0.05, 0.1) is 19.9 Å². The minimum absolute atomic E-state index is 0.133. The van der Waals surface area contributed by atoms with Crippen LogP contribution in [-0.4, -0.2) is 42.6 Å². The van der Waals surface area contributed by atoms with Crippen LogP contribution in [0.1, 0.15) is 56.5 Å². The third-order valence-electron chi connectivity index (χ3n) is 5.76. The fourth-order valence-corrected chi connectivity index (χ4v) is 4.02. The van der Waals surface area contributed by atoms with Gasteiger partial charge in [0.1, 0.15) is 23.3 Å². The third-order valence-corrected chi connectivity index (χ3v) is 5.76. The van der Waals surface area contributed by atoms with Crippen LogP contribution < -0.4 is 25.0 Å². The summed E-state index contributed by atoms with van der Waals surface area (Å²) in [6.07, 6.45) is -0.305. The minimum atomic E-state index is -1.06. The minimum Gasteiger partial charge on any atom is -0.497 e. The van der Waals surface area contributed by atoms with Crippen LogP contribution >= 0.6 is 0 Å². The van der Waals surface area contributed by atoms with Gasteiger partial charge in [0.15, 0.2) is 5.82 Å². The van der Waals surface area contributed by atoms with Crippen molar-refractivity contribution in [3.8, 4) is 11.5 Å². The van der Waals surface area contributed by atoms with Crippen molar-refractivity contribution in [2.24, 2.45) is 0 Å². The summed E-state index contributed by atoms with van der Waals surface area (Å²) in [5.41, 5.74) is 1.28. The molecule has 0 radical (unpaired) electrons. The van der Waals surface area contributed by atoms with E-state index in [2.05, 4.69) is 15.8 Å². The van der Waals surface area contributed by atoms with Gasteiger partial charge >= 0.3 is 0 Å². The van der Waals surface area contributed by atoms with Gasteiger partial charge < -0.3 is 24.6 Å². The van der Waals surface area contributed by atoms with E-state index >= 15 is 0 Å². The Kier molecular flexibility index (Phi) is 9.34. The van der Waals surface area contributed by atoms with Crippen molar-refractivity contribution in [2.45, 2.75) is 59.0 Å². The number of amides is 3. The van der Waals surface area contributed by atoms with E-state index in [1.54, 1.807) is 56.5 Å². The molecule has 0 fully saturated rings. The summed E-state index contributed by atoms with van der Waals surface area (Å²) >= 11 is 0. The number of ether oxygens (including phenoxy) is 2. The Balaban J connectivity index is 2.04. The summed E-state index contributed by atoms with van der Waals surface area (Å²) in [6, 6.07) is 12.9. The van der Waals surface area contributed by atoms with Crippen LogP contribution in [-0.2, 0) is 14.4 Å². The van der Waals surface area contributed by atoms with Gasteiger partial charge in [-0.3, -0.25) is 19.3 Å². The average Bonchev–Trinajstić information content (AvgIpc) is 3.28. The molecule has 0 saturated heterocycles. The molecule has 1 aromatic heterocycles. The first-order chi connectivity index (χ1) is 18.4. The van der Waals surface area contributed by atoms with E-state index in [0.717, 1.165) is 5.56 Å². The van der Waals surface area contributed by atoms with Crippen molar-refractivity contribution in [3.63, 3.8) is 0 Å². The molecule has 1 heterocycles. The Morgan fingerprint density at radius 2 is 1.67 bits per heavy atom. The molecule has 2 N–H and O–H groups in total. The van der Waals surface area contributed by atoms with Crippen LogP contribution in [0, 0.1) is 13.8 Å². The molecule has 0 aliphatic carbocycles. The highest BCUT2D eigenvalue weighted by Gasteiger charge is 2.36. The van der Waals surface area contributed by atoms with Gasteiger partial charge in [-0.1, -0.05) is 23.4 Å². The van der Waals surface area contributed by atoms with Gasteiger partial charge in [0.25, 0.3) is 0 Å². The van der Waals surface area contributed by atoms with E-state index in [1.807, 2.05) is 33.8 Å². The zero-order chi connectivity index (χ0) is 28.7. The van der Waals surface area contributed by atoms with Gasteiger partial charge in [-0.25, -0.2) is 0 Å². The molecule has 0 saturated carbocycles. The zero-order valence-electron chi connectivity index (χ0n) is 23.5. The zero-order valence-corrected chi connectivity index (χ0v) is 23.5. The van der Waals surface area contributed by atoms with Crippen LogP contribution in [0.15, 0.2) is 53.1 Å². The fraction of sp³-hybridized carbons (Fsp3) is 0.379. The van der Waals surface area contributed by atoms with Crippen molar-refractivity contribution < 1.29 is 28.4 Å². The lowest BCUT2D eigenvalue weighted by molar-refractivity contribution is -0.128. The van der Waals surface area contributed by atoms with E-state index in [4.69, 9.17) is 14.0 Å². The standard InChI is InChI=1S/C29H36N4O6/c1-18-8-13-23(38-7)22(16-18)33(26(35)15-14-25(34)30-24-17-19(2)39-32-24)27(28(36)31-29(3,4)5)20-9-11-21(37-6)12-10-20/h8-13,16-17,27H,14-15H2,1-7H3,(H,31,36)(H,30,32,34)/t27-/m0/s1. The first kappa shape index (κ1) is 29.2. The lowest BCUT2D eigenvalue weighted by atomic mass is 9.99. The molecule has 0 spiro atoms. The Morgan fingerprint density at radius 3 is 2.23 bits per heavy atom. The van der Waals surface area contributed by atoms with Crippen LogP contribution in [0.3, 0.4) is 0 Å². The molecule has 2 aromatic carbocycles. The van der Waals surface area contributed by atoms with E-state index in [-0.39, 0.29) is 24.6 Å². The van der Waals surface area contributed by atoms with Crippen molar-refractivity contribution in [1.29, 1.82) is 0 Å². The van der Waals surface area contributed by atoms with Crippen LogP contribution in [0.2, 0.25) is 0 Å². The first-order valence-electron chi connectivity index (χ1n) is 12.6. The van der Waals surface area contributed by atoms with Gasteiger partial charge in [-0.2, -0.15) is 0 Å². The van der Waals surface area contributed by atoms with Crippen molar-refractivity contribution in [1.82, 2.24) is 10.5 Å². The Bertz CT molecular complexity index is 1310. The predicted octanol–water partition coefficient (Wildman–Crippen LogP) is 4.72. The molecule has 0 bridgehead atoms. The number of hydrogen-bond donors (Lipinski definition) is 2. The summed E-state index contributed by atoms with van der Waals surface area (Å²) in [6.45, 7) is 9.19. The number of carbonyl (C=O) groups is 3. The molecular weight excluding hydrogens is 500 g/mol. The monoisotopic (exact) mass is 536 g/mol. The molecule has 39 heavy (non-hydrogen) atoms. The highest BCUT2D eigenvalue weighted by Crippen LogP contribution is 2.37. The normalized spacial score (nSPS) is 11.9. The number of rotatable bonds is 10.